The number of hydrazone groups is 1. The highest BCUT2D eigenvalue weighted by molar-refractivity contribution is 7.89. The Kier molecular flexibility index (Phi) is 7.25. The molecule has 0 unspecified atom stereocenters. The SMILES string of the molecule is Cc1cc(/C=N/NC(=O)COc2ccc(Cl)cc2Cl)c(C)n1-c1ccc(S(N)(=O)=O)cc1. The number of hydrogen-bond donors (Lipinski definition) is 2. The van der Waals surface area contributed by atoms with Crippen molar-refractivity contribution in [3.8, 4) is 11.4 Å². The summed E-state index contributed by atoms with van der Waals surface area (Å²) in [5.74, 6) is -0.119. The van der Waals surface area contributed by atoms with Gasteiger partial charge in [0.15, 0.2) is 6.61 Å². The number of ether oxygens (including phenoxy) is 1. The molecule has 3 aromatic rings. The number of carbonyl (C=O) groups excluding carboxylic acids is 1. The molecule has 0 spiro atoms. The molecule has 168 valence electrons. The number of carbonyl (C=O) groups is 1. The van der Waals surface area contributed by atoms with Gasteiger partial charge in [-0.2, -0.15) is 5.10 Å². The first-order valence-electron chi connectivity index (χ1n) is 9.28. The van der Waals surface area contributed by atoms with Crippen molar-refractivity contribution in [2.45, 2.75) is 18.7 Å². The lowest BCUT2D eigenvalue weighted by Crippen LogP contribution is -2.24. The zero-order chi connectivity index (χ0) is 23.5. The number of benzene rings is 2. The Morgan fingerprint density at radius 3 is 2.47 bits per heavy atom. The Labute approximate surface area is 195 Å². The number of hydrogen-bond acceptors (Lipinski definition) is 5. The molecule has 1 heterocycles. The number of sulfonamides is 1. The lowest BCUT2D eigenvalue weighted by molar-refractivity contribution is -0.123. The number of rotatable bonds is 7. The van der Waals surface area contributed by atoms with E-state index in [0.29, 0.717) is 15.8 Å². The molecule has 3 N–H and O–H groups in total. The highest BCUT2D eigenvalue weighted by Crippen LogP contribution is 2.27. The topological polar surface area (TPSA) is 116 Å². The molecule has 0 aliphatic rings. The van der Waals surface area contributed by atoms with Gasteiger partial charge < -0.3 is 9.30 Å². The molecule has 0 fully saturated rings. The molecule has 3 rings (SSSR count). The number of amides is 1. The fourth-order valence-corrected chi connectivity index (χ4v) is 4.02. The molecule has 0 aliphatic carbocycles. The van der Waals surface area contributed by atoms with Crippen LogP contribution in [0.4, 0.5) is 0 Å². The number of aryl methyl sites for hydroxylation is 1. The molecule has 0 radical (unpaired) electrons. The van der Waals surface area contributed by atoms with E-state index in [1.54, 1.807) is 24.3 Å². The molecule has 11 heteroatoms. The normalized spacial score (nSPS) is 11.7. The van der Waals surface area contributed by atoms with E-state index in [2.05, 4.69) is 10.5 Å². The first-order valence-corrected chi connectivity index (χ1v) is 11.6. The molecule has 0 saturated heterocycles. The van der Waals surface area contributed by atoms with E-state index in [1.807, 2.05) is 24.5 Å². The van der Waals surface area contributed by atoms with E-state index in [1.165, 1.54) is 24.4 Å². The van der Waals surface area contributed by atoms with Gasteiger partial charge in [0.25, 0.3) is 5.91 Å². The van der Waals surface area contributed by atoms with Crippen LogP contribution < -0.4 is 15.3 Å². The lowest BCUT2D eigenvalue weighted by atomic mass is 10.2. The van der Waals surface area contributed by atoms with Gasteiger partial charge in [-0.15, -0.1) is 0 Å². The molecule has 2 aromatic carbocycles. The largest absolute Gasteiger partial charge is 0.482 e. The maximum Gasteiger partial charge on any atom is 0.277 e. The van der Waals surface area contributed by atoms with Gasteiger partial charge >= 0.3 is 0 Å². The van der Waals surface area contributed by atoms with Gasteiger partial charge in [0.1, 0.15) is 5.75 Å². The van der Waals surface area contributed by atoms with Crippen LogP contribution in [0.15, 0.2) is 58.5 Å². The number of primary sulfonamides is 1. The summed E-state index contributed by atoms with van der Waals surface area (Å²) in [6.45, 7) is 3.52. The Bertz CT molecular complexity index is 1290. The summed E-state index contributed by atoms with van der Waals surface area (Å²) >= 11 is 11.8. The van der Waals surface area contributed by atoms with Crippen molar-refractivity contribution in [2.24, 2.45) is 10.2 Å². The molecule has 1 amide bonds. The summed E-state index contributed by atoms with van der Waals surface area (Å²) < 4.78 is 30.2. The van der Waals surface area contributed by atoms with Gasteiger partial charge in [-0.1, -0.05) is 23.2 Å². The molecule has 32 heavy (non-hydrogen) atoms. The molecular formula is C21H20Cl2N4O4S. The van der Waals surface area contributed by atoms with Crippen LogP contribution in [-0.2, 0) is 14.8 Å². The zero-order valence-corrected chi connectivity index (χ0v) is 19.5. The average Bonchev–Trinajstić information content (AvgIpc) is 3.00. The van der Waals surface area contributed by atoms with Crippen LogP contribution in [0.3, 0.4) is 0 Å². The van der Waals surface area contributed by atoms with Crippen molar-refractivity contribution in [1.29, 1.82) is 0 Å². The number of halogens is 2. The summed E-state index contributed by atoms with van der Waals surface area (Å²) in [7, 11) is -3.76. The summed E-state index contributed by atoms with van der Waals surface area (Å²) in [5.41, 5.74) is 5.70. The first kappa shape index (κ1) is 23.8. The van der Waals surface area contributed by atoms with Crippen LogP contribution >= 0.6 is 23.2 Å². The highest BCUT2D eigenvalue weighted by Gasteiger charge is 2.12. The first-order chi connectivity index (χ1) is 15.1. The predicted molar refractivity (Wildman–Crippen MR) is 124 cm³/mol. The molecule has 0 bridgehead atoms. The van der Waals surface area contributed by atoms with E-state index < -0.39 is 15.9 Å². The van der Waals surface area contributed by atoms with Crippen molar-refractivity contribution < 1.29 is 17.9 Å². The van der Waals surface area contributed by atoms with Crippen LogP contribution in [-0.4, -0.2) is 31.7 Å². The lowest BCUT2D eigenvalue weighted by Gasteiger charge is -2.10. The van der Waals surface area contributed by atoms with Gasteiger partial charge in [0.05, 0.1) is 16.1 Å². The van der Waals surface area contributed by atoms with Gasteiger partial charge in [0, 0.05) is 27.7 Å². The summed E-state index contributed by atoms with van der Waals surface area (Å²) in [6.07, 6.45) is 1.52. The van der Waals surface area contributed by atoms with Crippen LogP contribution in [0.1, 0.15) is 17.0 Å². The molecular weight excluding hydrogens is 475 g/mol. The standard InChI is InChI=1S/C21H20Cl2N4O4S/c1-13-9-15(14(2)27(13)17-4-6-18(7-5-17)32(24,29)30)11-25-26-21(28)12-31-20-8-3-16(22)10-19(20)23/h3-11H,12H2,1-2H3,(H,26,28)(H2,24,29,30)/b25-11+. The number of nitrogens with one attached hydrogen (secondary N) is 1. The summed E-state index contributed by atoms with van der Waals surface area (Å²) in [6, 6.07) is 12.8. The van der Waals surface area contributed by atoms with Crippen LogP contribution in [0, 0.1) is 13.8 Å². The minimum atomic E-state index is -3.76. The molecule has 0 saturated carbocycles. The fraction of sp³-hybridized carbons (Fsp3) is 0.143. The Morgan fingerprint density at radius 2 is 1.84 bits per heavy atom. The monoisotopic (exact) mass is 494 g/mol. The Balaban J connectivity index is 1.66. The fourth-order valence-electron chi connectivity index (χ4n) is 3.04. The molecule has 0 aliphatic heterocycles. The van der Waals surface area contributed by atoms with E-state index in [9.17, 15) is 13.2 Å². The molecule has 1 aromatic heterocycles. The molecule has 0 atom stereocenters. The van der Waals surface area contributed by atoms with Crippen molar-refractivity contribution in [3.63, 3.8) is 0 Å². The maximum atomic E-state index is 12.0. The van der Waals surface area contributed by atoms with E-state index >= 15 is 0 Å². The van der Waals surface area contributed by atoms with Gasteiger partial charge in [0.2, 0.25) is 10.0 Å². The minimum absolute atomic E-state index is 0.0373. The maximum absolute atomic E-state index is 12.0. The second-order valence-electron chi connectivity index (χ2n) is 6.86. The van der Waals surface area contributed by atoms with Gasteiger partial charge in [-0.3, -0.25) is 4.79 Å². The molecule has 8 nitrogen and oxygen atoms in total. The smallest absolute Gasteiger partial charge is 0.277 e. The van der Waals surface area contributed by atoms with E-state index in [0.717, 1.165) is 22.6 Å². The van der Waals surface area contributed by atoms with Crippen molar-refractivity contribution >= 4 is 45.3 Å². The second-order valence-corrected chi connectivity index (χ2v) is 9.26. The predicted octanol–water partition coefficient (Wildman–Crippen LogP) is 3.58. The Morgan fingerprint density at radius 1 is 1.16 bits per heavy atom. The number of nitrogens with zero attached hydrogens (tertiary/aromatic N) is 2. The number of nitrogens with two attached hydrogens (primary N) is 1. The van der Waals surface area contributed by atoms with Crippen molar-refractivity contribution in [2.75, 3.05) is 6.61 Å². The van der Waals surface area contributed by atoms with E-state index in [4.69, 9.17) is 33.1 Å². The van der Waals surface area contributed by atoms with Crippen LogP contribution in [0.5, 0.6) is 5.75 Å². The summed E-state index contributed by atoms with van der Waals surface area (Å²) in [5, 5.41) is 9.90. The van der Waals surface area contributed by atoms with Crippen LogP contribution in [0.2, 0.25) is 10.0 Å². The second kappa shape index (κ2) is 9.74. The van der Waals surface area contributed by atoms with Crippen molar-refractivity contribution in [3.05, 3.63) is 75.5 Å². The Hall–Kier alpha value is -2.85. The minimum Gasteiger partial charge on any atom is -0.482 e. The van der Waals surface area contributed by atoms with Crippen molar-refractivity contribution in [1.82, 2.24) is 9.99 Å². The van der Waals surface area contributed by atoms with E-state index in [-0.39, 0.29) is 11.5 Å². The van der Waals surface area contributed by atoms with Crippen LogP contribution in [0.25, 0.3) is 5.69 Å². The zero-order valence-electron chi connectivity index (χ0n) is 17.2. The highest BCUT2D eigenvalue weighted by atomic mass is 35.5. The quantitative estimate of drug-likeness (QED) is 0.385. The van der Waals surface area contributed by atoms with Gasteiger partial charge in [-0.05, 0) is 62.4 Å². The number of aromatic nitrogens is 1. The van der Waals surface area contributed by atoms with Gasteiger partial charge in [-0.25, -0.2) is 19.0 Å². The third-order valence-corrected chi connectivity index (χ3v) is 6.00. The average molecular weight is 495 g/mol. The third-order valence-electron chi connectivity index (χ3n) is 4.54. The third kappa shape index (κ3) is 5.68. The summed E-state index contributed by atoms with van der Waals surface area (Å²) in [4.78, 5) is 12.0.